The largest absolute Gasteiger partial charge is 0.478 e. The number of rotatable bonds is 4. The van der Waals surface area contributed by atoms with Crippen LogP contribution in [0.2, 0.25) is 0 Å². The summed E-state index contributed by atoms with van der Waals surface area (Å²) in [6.07, 6.45) is 0. The van der Waals surface area contributed by atoms with E-state index >= 15 is 0 Å². The van der Waals surface area contributed by atoms with Gasteiger partial charge in [0.25, 0.3) is 0 Å². The lowest BCUT2D eigenvalue weighted by molar-refractivity contribution is 0.0697. The molecule has 0 amide bonds. The lowest BCUT2D eigenvalue weighted by Crippen LogP contribution is -2.19. The maximum absolute atomic E-state index is 11.3. The standard InChI is InChI=1S/C14H16N2O2S/c1-9-4-5-11(14(17)18)12(6-9)16(3)7-13-10(2)15-8-19-13/h4-6,8H,7H2,1-3H3,(H,17,18). The number of aromatic nitrogens is 1. The third-order valence-electron chi connectivity index (χ3n) is 3.02. The molecule has 2 aromatic rings. The zero-order valence-corrected chi connectivity index (χ0v) is 12.0. The highest BCUT2D eigenvalue weighted by Gasteiger charge is 2.15. The van der Waals surface area contributed by atoms with Crippen molar-refractivity contribution in [1.29, 1.82) is 0 Å². The van der Waals surface area contributed by atoms with Gasteiger partial charge >= 0.3 is 5.97 Å². The van der Waals surface area contributed by atoms with Crippen molar-refractivity contribution in [2.24, 2.45) is 0 Å². The van der Waals surface area contributed by atoms with Crippen molar-refractivity contribution in [2.75, 3.05) is 11.9 Å². The van der Waals surface area contributed by atoms with Crippen molar-refractivity contribution < 1.29 is 9.90 Å². The fourth-order valence-electron chi connectivity index (χ4n) is 1.92. The van der Waals surface area contributed by atoms with Crippen LogP contribution in [-0.4, -0.2) is 23.1 Å². The molecule has 0 aliphatic carbocycles. The molecule has 1 aromatic heterocycles. The van der Waals surface area contributed by atoms with Crippen LogP contribution < -0.4 is 4.90 Å². The Morgan fingerprint density at radius 3 is 2.74 bits per heavy atom. The van der Waals surface area contributed by atoms with Crippen molar-refractivity contribution in [2.45, 2.75) is 20.4 Å². The van der Waals surface area contributed by atoms with Gasteiger partial charge in [-0.15, -0.1) is 11.3 Å². The van der Waals surface area contributed by atoms with Crippen molar-refractivity contribution in [3.05, 3.63) is 45.4 Å². The van der Waals surface area contributed by atoms with E-state index in [0.717, 1.165) is 21.8 Å². The summed E-state index contributed by atoms with van der Waals surface area (Å²) in [5, 5.41) is 9.25. The molecule has 100 valence electrons. The van der Waals surface area contributed by atoms with Crippen molar-refractivity contribution in [3.63, 3.8) is 0 Å². The molecule has 1 heterocycles. The number of anilines is 1. The Labute approximate surface area is 116 Å². The van der Waals surface area contributed by atoms with Crippen LogP contribution in [0.25, 0.3) is 0 Å². The van der Waals surface area contributed by atoms with Gasteiger partial charge in [0.2, 0.25) is 0 Å². The van der Waals surface area contributed by atoms with E-state index in [-0.39, 0.29) is 0 Å². The first-order valence-corrected chi connectivity index (χ1v) is 6.81. The number of aryl methyl sites for hydroxylation is 2. The molecule has 19 heavy (non-hydrogen) atoms. The molecule has 0 aliphatic heterocycles. The lowest BCUT2D eigenvalue weighted by atomic mass is 10.1. The summed E-state index contributed by atoms with van der Waals surface area (Å²) in [6.45, 7) is 4.59. The molecule has 4 nitrogen and oxygen atoms in total. The molecule has 1 aromatic carbocycles. The second-order valence-electron chi connectivity index (χ2n) is 4.54. The van der Waals surface area contributed by atoms with Crippen LogP contribution in [0.5, 0.6) is 0 Å². The quantitative estimate of drug-likeness (QED) is 0.932. The Hall–Kier alpha value is -1.88. The van der Waals surface area contributed by atoms with Gasteiger partial charge in [-0.25, -0.2) is 9.78 Å². The molecular formula is C14H16N2O2S. The Balaban J connectivity index is 2.32. The van der Waals surface area contributed by atoms with Gasteiger partial charge in [-0.2, -0.15) is 0 Å². The van der Waals surface area contributed by atoms with Crippen LogP contribution in [0.1, 0.15) is 26.5 Å². The molecule has 0 atom stereocenters. The van der Waals surface area contributed by atoms with E-state index in [4.69, 9.17) is 0 Å². The van der Waals surface area contributed by atoms with Gasteiger partial charge in [0, 0.05) is 11.9 Å². The number of carbonyl (C=O) groups is 1. The molecule has 5 heteroatoms. The number of hydrogen-bond acceptors (Lipinski definition) is 4. The second-order valence-corrected chi connectivity index (χ2v) is 5.48. The maximum Gasteiger partial charge on any atom is 0.337 e. The molecule has 0 saturated heterocycles. The SMILES string of the molecule is Cc1ccc(C(=O)O)c(N(C)Cc2scnc2C)c1. The number of hydrogen-bond donors (Lipinski definition) is 1. The van der Waals surface area contributed by atoms with Gasteiger partial charge in [0.15, 0.2) is 0 Å². The molecule has 2 rings (SSSR count). The average Bonchev–Trinajstić information content (AvgIpc) is 2.74. The highest BCUT2D eigenvalue weighted by Crippen LogP contribution is 2.24. The molecule has 0 fully saturated rings. The number of thiazole rings is 1. The van der Waals surface area contributed by atoms with Gasteiger partial charge in [-0.3, -0.25) is 0 Å². The second kappa shape index (κ2) is 5.40. The Kier molecular flexibility index (Phi) is 3.85. The molecule has 0 radical (unpaired) electrons. The fourth-order valence-corrected chi connectivity index (χ4v) is 2.75. The van der Waals surface area contributed by atoms with Gasteiger partial charge in [-0.05, 0) is 31.5 Å². The van der Waals surface area contributed by atoms with Crippen molar-refractivity contribution >= 4 is 23.0 Å². The van der Waals surface area contributed by atoms with Crippen LogP contribution in [0.3, 0.4) is 0 Å². The van der Waals surface area contributed by atoms with E-state index in [2.05, 4.69) is 4.98 Å². The van der Waals surface area contributed by atoms with Crippen LogP contribution in [-0.2, 0) is 6.54 Å². The summed E-state index contributed by atoms with van der Waals surface area (Å²) in [6, 6.07) is 5.38. The topological polar surface area (TPSA) is 53.4 Å². The Bertz CT molecular complexity index is 607. The zero-order chi connectivity index (χ0) is 14.0. The van der Waals surface area contributed by atoms with Gasteiger partial charge in [-0.1, -0.05) is 6.07 Å². The van der Waals surface area contributed by atoms with Gasteiger partial charge < -0.3 is 10.0 Å². The minimum absolute atomic E-state index is 0.329. The minimum atomic E-state index is -0.900. The highest BCUT2D eigenvalue weighted by atomic mass is 32.1. The number of nitrogens with zero attached hydrogens (tertiary/aromatic N) is 2. The van der Waals surface area contributed by atoms with E-state index in [0.29, 0.717) is 12.1 Å². The molecule has 0 aliphatic rings. The molecule has 0 saturated carbocycles. The normalized spacial score (nSPS) is 10.5. The van der Waals surface area contributed by atoms with E-state index in [1.165, 1.54) is 0 Å². The predicted octanol–water partition coefficient (Wildman–Crippen LogP) is 3.09. The van der Waals surface area contributed by atoms with Gasteiger partial charge in [0.1, 0.15) is 0 Å². The smallest absolute Gasteiger partial charge is 0.337 e. The maximum atomic E-state index is 11.3. The van der Waals surface area contributed by atoms with E-state index < -0.39 is 5.97 Å². The molecule has 1 N–H and O–H groups in total. The predicted molar refractivity (Wildman–Crippen MR) is 77.1 cm³/mol. The molecule has 0 unspecified atom stereocenters. The monoisotopic (exact) mass is 276 g/mol. The first-order valence-electron chi connectivity index (χ1n) is 5.93. The summed E-state index contributed by atoms with van der Waals surface area (Å²) in [7, 11) is 1.90. The summed E-state index contributed by atoms with van der Waals surface area (Å²) in [5.41, 5.74) is 4.93. The third kappa shape index (κ3) is 2.93. The summed E-state index contributed by atoms with van der Waals surface area (Å²) < 4.78 is 0. The van der Waals surface area contributed by atoms with E-state index in [9.17, 15) is 9.90 Å². The first kappa shape index (κ1) is 13.5. The molecule has 0 spiro atoms. The summed E-state index contributed by atoms with van der Waals surface area (Å²) in [4.78, 5) is 18.6. The number of aromatic carboxylic acids is 1. The Morgan fingerprint density at radius 2 is 2.16 bits per heavy atom. The van der Waals surface area contributed by atoms with Crippen LogP contribution in [0.15, 0.2) is 23.7 Å². The third-order valence-corrected chi connectivity index (χ3v) is 3.94. The minimum Gasteiger partial charge on any atom is -0.478 e. The van der Waals surface area contributed by atoms with Crippen LogP contribution >= 0.6 is 11.3 Å². The molecular weight excluding hydrogens is 260 g/mol. The summed E-state index contributed by atoms with van der Waals surface area (Å²) >= 11 is 1.59. The van der Waals surface area contributed by atoms with E-state index in [1.54, 1.807) is 17.4 Å². The van der Waals surface area contributed by atoms with Crippen LogP contribution in [0.4, 0.5) is 5.69 Å². The lowest BCUT2D eigenvalue weighted by Gasteiger charge is -2.21. The zero-order valence-electron chi connectivity index (χ0n) is 11.2. The molecule has 0 bridgehead atoms. The fraction of sp³-hybridized carbons (Fsp3) is 0.286. The number of carboxylic acids is 1. The van der Waals surface area contributed by atoms with Gasteiger partial charge in [0.05, 0.1) is 29.0 Å². The van der Waals surface area contributed by atoms with Crippen molar-refractivity contribution in [1.82, 2.24) is 4.98 Å². The average molecular weight is 276 g/mol. The first-order chi connectivity index (χ1) is 8.99. The van der Waals surface area contributed by atoms with Crippen molar-refractivity contribution in [3.8, 4) is 0 Å². The van der Waals surface area contributed by atoms with Crippen LogP contribution in [0, 0.1) is 13.8 Å². The highest BCUT2D eigenvalue weighted by molar-refractivity contribution is 7.09. The number of carboxylic acid groups (broad SMARTS) is 1. The van der Waals surface area contributed by atoms with E-state index in [1.807, 2.05) is 43.4 Å². The Morgan fingerprint density at radius 1 is 1.42 bits per heavy atom. The number of benzene rings is 1. The summed E-state index contributed by atoms with van der Waals surface area (Å²) in [5.74, 6) is -0.900.